The Kier molecular flexibility index (Phi) is 6.86. The van der Waals surface area contributed by atoms with Crippen molar-refractivity contribution in [3.8, 4) is 0 Å². The molecule has 3 rings (SSSR count). The molecule has 0 radical (unpaired) electrons. The van der Waals surface area contributed by atoms with E-state index >= 15 is 0 Å². The van der Waals surface area contributed by atoms with Crippen LogP contribution in [-0.2, 0) is 4.79 Å². The molecule has 1 aliphatic heterocycles. The maximum Gasteiger partial charge on any atom is 0.319 e. The van der Waals surface area contributed by atoms with Crippen LogP contribution in [-0.4, -0.2) is 56.6 Å². The molecule has 1 fully saturated rings. The number of carbonyl (C=O) groups is 2. The van der Waals surface area contributed by atoms with E-state index in [1.54, 1.807) is 12.1 Å². The van der Waals surface area contributed by atoms with E-state index in [2.05, 4.69) is 32.8 Å². The number of carbonyl (C=O) groups excluding carboxylic acids is 2. The van der Waals surface area contributed by atoms with Crippen LogP contribution in [0.3, 0.4) is 0 Å². The molecule has 3 N–H and O–H groups in total. The standard InChI is InChI=1S/C21H27N5O2/c1-25-13-15-26(16-14-25)19-9-7-18(8-10-19)23-20(27)11-12-22-21(28)24-17-5-3-2-4-6-17/h2-10H,11-16H2,1H3,(H,23,27)(H2,22,24,28). The van der Waals surface area contributed by atoms with Gasteiger partial charge in [0.15, 0.2) is 0 Å². The summed E-state index contributed by atoms with van der Waals surface area (Å²) in [4.78, 5) is 28.5. The summed E-state index contributed by atoms with van der Waals surface area (Å²) < 4.78 is 0. The van der Waals surface area contributed by atoms with Gasteiger partial charge in [-0.2, -0.15) is 0 Å². The van der Waals surface area contributed by atoms with Crippen LogP contribution in [0, 0.1) is 0 Å². The number of nitrogens with zero attached hydrogens (tertiary/aromatic N) is 2. The first-order chi connectivity index (χ1) is 13.6. The zero-order valence-corrected chi connectivity index (χ0v) is 16.1. The molecule has 0 aromatic heterocycles. The van der Waals surface area contributed by atoms with Gasteiger partial charge in [-0.3, -0.25) is 4.79 Å². The van der Waals surface area contributed by atoms with Crippen LogP contribution in [0.1, 0.15) is 6.42 Å². The second-order valence-corrected chi connectivity index (χ2v) is 6.88. The van der Waals surface area contributed by atoms with Crippen molar-refractivity contribution in [1.82, 2.24) is 10.2 Å². The predicted octanol–water partition coefficient (Wildman–Crippen LogP) is 2.59. The first kappa shape index (κ1) is 19.7. The molecule has 2 aromatic rings. The number of hydrogen-bond acceptors (Lipinski definition) is 4. The van der Waals surface area contributed by atoms with Crippen LogP contribution in [0.25, 0.3) is 0 Å². The van der Waals surface area contributed by atoms with Crippen molar-refractivity contribution in [1.29, 1.82) is 0 Å². The summed E-state index contributed by atoms with van der Waals surface area (Å²) >= 11 is 0. The highest BCUT2D eigenvalue weighted by Crippen LogP contribution is 2.19. The average Bonchev–Trinajstić information content (AvgIpc) is 2.70. The fraction of sp³-hybridized carbons (Fsp3) is 0.333. The molecular weight excluding hydrogens is 354 g/mol. The van der Waals surface area contributed by atoms with Gasteiger partial charge in [-0.15, -0.1) is 0 Å². The number of hydrogen-bond donors (Lipinski definition) is 3. The number of likely N-dealkylation sites (N-methyl/N-ethyl adjacent to an activating group) is 1. The van der Waals surface area contributed by atoms with Crippen molar-refractivity contribution in [3.63, 3.8) is 0 Å². The normalized spacial score (nSPS) is 14.4. The Hall–Kier alpha value is -3.06. The fourth-order valence-electron chi connectivity index (χ4n) is 3.03. The molecular formula is C21H27N5O2. The number of nitrogens with one attached hydrogen (secondary N) is 3. The molecule has 7 nitrogen and oxygen atoms in total. The molecule has 0 bridgehead atoms. The minimum Gasteiger partial charge on any atom is -0.369 e. The number of anilines is 3. The summed E-state index contributed by atoms with van der Waals surface area (Å²) in [7, 11) is 2.14. The molecule has 0 saturated carbocycles. The lowest BCUT2D eigenvalue weighted by molar-refractivity contribution is -0.116. The van der Waals surface area contributed by atoms with Gasteiger partial charge >= 0.3 is 6.03 Å². The molecule has 1 heterocycles. The number of rotatable bonds is 6. The second-order valence-electron chi connectivity index (χ2n) is 6.88. The van der Waals surface area contributed by atoms with Gasteiger partial charge in [0.2, 0.25) is 5.91 Å². The van der Waals surface area contributed by atoms with Crippen LogP contribution in [0.4, 0.5) is 21.9 Å². The Morgan fingerprint density at radius 3 is 2.18 bits per heavy atom. The minimum atomic E-state index is -0.324. The zero-order valence-electron chi connectivity index (χ0n) is 16.1. The zero-order chi connectivity index (χ0) is 19.8. The summed E-state index contributed by atoms with van der Waals surface area (Å²) in [5.74, 6) is -0.132. The second kappa shape index (κ2) is 9.75. The van der Waals surface area contributed by atoms with Crippen molar-refractivity contribution in [2.45, 2.75) is 6.42 Å². The highest BCUT2D eigenvalue weighted by Gasteiger charge is 2.14. The Morgan fingerprint density at radius 2 is 1.50 bits per heavy atom. The average molecular weight is 381 g/mol. The van der Waals surface area contributed by atoms with Gasteiger partial charge in [-0.1, -0.05) is 18.2 Å². The topological polar surface area (TPSA) is 76.7 Å². The summed E-state index contributed by atoms with van der Waals surface area (Å²) in [6.45, 7) is 4.41. The SMILES string of the molecule is CN1CCN(c2ccc(NC(=O)CCNC(=O)Nc3ccccc3)cc2)CC1. The largest absolute Gasteiger partial charge is 0.369 e. The van der Waals surface area contributed by atoms with Gasteiger partial charge in [0, 0.05) is 56.2 Å². The number of piperazine rings is 1. The van der Waals surface area contributed by atoms with Crippen LogP contribution < -0.4 is 20.9 Å². The van der Waals surface area contributed by atoms with E-state index in [0.717, 1.165) is 31.9 Å². The van der Waals surface area contributed by atoms with E-state index in [0.29, 0.717) is 5.69 Å². The van der Waals surface area contributed by atoms with Gasteiger partial charge in [-0.25, -0.2) is 4.79 Å². The highest BCUT2D eigenvalue weighted by molar-refractivity contribution is 5.92. The van der Waals surface area contributed by atoms with Gasteiger partial charge in [0.05, 0.1) is 0 Å². The third kappa shape index (κ3) is 5.99. The minimum absolute atomic E-state index is 0.132. The molecule has 2 aromatic carbocycles. The molecule has 1 saturated heterocycles. The number of amides is 3. The molecule has 148 valence electrons. The number of benzene rings is 2. The maximum atomic E-state index is 12.1. The lowest BCUT2D eigenvalue weighted by Gasteiger charge is -2.34. The molecule has 3 amide bonds. The quantitative estimate of drug-likeness (QED) is 0.719. The first-order valence-corrected chi connectivity index (χ1v) is 9.53. The van der Waals surface area contributed by atoms with Crippen molar-refractivity contribution >= 4 is 29.0 Å². The molecule has 1 aliphatic rings. The third-order valence-corrected chi connectivity index (χ3v) is 4.69. The monoisotopic (exact) mass is 381 g/mol. The third-order valence-electron chi connectivity index (χ3n) is 4.69. The van der Waals surface area contributed by atoms with Crippen LogP contribution in [0.2, 0.25) is 0 Å². The first-order valence-electron chi connectivity index (χ1n) is 9.53. The summed E-state index contributed by atoms with van der Waals surface area (Å²) in [6.07, 6.45) is 0.211. The Labute approximate surface area is 165 Å². The van der Waals surface area contributed by atoms with Gasteiger partial charge in [0.1, 0.15) is 0 Å². The van der Waals surface area contributed by atoms with E-state index in [4.69, 9.17) is 0 Å². The smallest absolute Gasteiger partial charge is 0.319 e. The Bertz CT molecular complexity index is 771. The van der Waals surface area contributed by atoms with Crippen molar-refractivity contribution in [2.75, 3.05) is 55.3 Å². The van der Waals surface area contributed by atoms with E-state index in [-0.39, 0.29) is 24.9 Å². The van der Waals surface area contributed by atoms with Crippen molar-refractivity contribution in [3.05, 3.63) is 54.6 Å². The van der Waals surface area contributed by atoms with Gasteiger partial charge in [0.25, 0.3) is 0 Å². The van der Waals surface area contributed by atoms with E-state index < -0.39 is 0 Å². The predicted molar refractivity (Wildman–Crippen MR) is 113 cm³/mol. The van der Waals surface area contributed by atoms with Crippen LogP contribution >= 0.6 is 0 Å². The van der Waals surface area contributed by atoms with E-state index in [9.17, 15) is 9.59 Å². The molecule has 28 heavy (non-hydrogen) atoms. The van der Waals surface area contributed by atoms with E-state index in [1.807, 2.05) is 42.5 Å². The van der Waals surface area contributed by atoms with Crippen LogP contribution in [0.15, 0.2) is 54.6 Å². The highest BCUT2D eigenvalue weighted by atomic mass is 16.2. The number of urea groups is 1. The lowest BCUT2D eigenvalue weighted by atomic mass is 10.2. The molecule has 0 spiro atoms. The lowest BCUT2D eigenvalue weighted by Crippen LogP contribution is -2.44. The van der Waals surface area contributed by atoms with Gasteiger partial charge in [-0.05, 0) is 43.4 Å². The molecule has 0 unspecified atom stereocenters. The Morgan fingerprint density at radius 1 is 0.857 bits per heavy atom. The van der Waals surface area contributed by atoms with E-state index in [1.165, 1.54) is 5.69 Å². The summed E-state index contributed by atoms with van der Waals surface area (Å²) in [5, 5.41) is 8.26. The molecule has 0 atom stereocenters. The van der Waals surface area contributed by atoms with Crippen molar-refractivity contribution < 1.29 is 9.59 Å². The summed E-state index contributed by atoms with van der Waals surface area (Å²) in [5.41, 5.74) is 2.65. The fourth-order valence-corrected chi connectivity index (χ4v) is 3.03. The summed E-state index contributed by atoms with van der Waals surface area (Å²) in [6, 6.07) is 16.8. The van der Waals surface area contributed by atoms with Gasteiger partial charge < -0.3 is 25.8 Å². The van der Waals surface area contributed by atoms with Crippen LogP contribution in [0.5, 0.6) is 0 Å². The van der Waals surface area contributed by atoms with Crippen molar-refractivity contribution in [2.24, 2.45) is 0 Å². The maximum absolute atomic E-state index is 12.1. The number of para-hydroxylation sites is 1. The Balaban J connectivity index is 1.38. The molecule has 7 heteroatoms. The molecule has 0 aliphatic carbocycles.